The molecule has 0 aromatic carbocycles. The van der Waals surface area contributed by atoms with Crippen LogP contribution >= 0.6 is 0 Å². The van der Waals surface area contributed by atoms with Crippen LogP contribution in [0.4, 0.5) is 0 Å². The Morgan fingerprint density at radius 2 is 2.30 bits per heavy atom. The van der Waals surface area contributed by atoms with E-state index in [2.05, 4.69) is 18.0 Å². The highest BCUT2D eigenvalue weighted by Crippen LogP contribution is 2.08. The van der Waals surface area contributed by atoms with E-state index < -0.39 is 0 Å². The average molecular weight is 136 g/mol. The molecule has 1 heterocycles. The lowest BCUT2D eigenvalue weighted by Gasteiger charge is -1.93. The van der Waals surface area contributed by atoms with E-state index in [0.717, 1.165) is 5.70 Å². The fourth-order valence-electron chi connectivity index (χ4n) is 0.965. The van der Waals surface area contributed by atoms with Crippen LogP contribution in [0.3, 0.4) is 0 Å². The summed E-state index contributed by atoms with van der Waals surface area (Å²) in [7, 11) is 0. The maximum absolute atomic E-state index is 5.51. The topological polar surface area (TPSA) is 38.4 Å². The highest BCUT2D eigenvalue weighted by Gasteiger charge is 1.97. The van der Waals surface area contributed by atoms with Crippen LogP contribution in [0, 0.1) is 5.92 Å². The Bertz CT molecular complexity index is 211. The number of allylic oxidation sites excluding steroid dienone is 3. The summed E-state index contributed by atoms with van der Waals surface area (Å²) in [5, 5.41) is 0. The molecule has 1 atom stereocenters. The third-order valence-corrected chi connectivity index (χ3v) is 1.38. The molecule has 1 unspecified atom stereocenters. The highest BCUT2D eigenvalue weighted by molar-refractivity contribution is 5.92. The van der Waals surface area contributed by atoms with E-state index in [-0.39, 0.29) is 0 Å². The number of aliphatic imine (C=N–C) groups is 1. The Morgan fingerprint density at radius 1 is 1.60 bits per heavy atom. The molecular formula is C8H12N2. The minimum absolute atomic E-state index is 0.449. The lowest BCUT2D eigenvalue weighted by Crippen LogP contribution is -2.06. The van der Waals surface area contributed by atoms with Crippen molar-refractivity contribution >= 4 is 5.84 Å². The number of rotatable bonds is 0. The molecule has 2 N–H and O–H groups in total. The second-order valence-electron chi connectivity index (χ2n) is 2.56. The molecule has 0 fully saturated rings. The molecule has 1 rings (SSSR count). The molecular weight excluding hydrogens is 124 g/mol. The number of hydrogen-bond donors (Lipinski definition) is 1. The summed E-state index contributed by atoms with van der Waals surface area (Å²) in [5.74, 6) is 1.04. The minimum atomic E-state index is 0.449. The summed E-state index contributed by atoms with van der Waals surface area (Å²) < 4.78 is 0. The number of nitrogens with two attached hydrogens (primary N) is 1. The summed E-state index contributed by atoms with van der Waals surface area (Å²) in [6.45, 7) is 4.06. The Kier molecular flexibility index (Phi) is 1.90. The van der Waals surface area contributed by atoms with E-state index >= 15 is 0 Å². The lowest BCUT2D eigenvalue weighted by atomic mass is 10.1. The quantitative estimate of drug-likeness (QED) is 0.538. The van der Waals surface area contributed by atoms with Gasteiger partial charge < -0.3 is 5.73 Å². The predicted molar refractivity (Wildman–Crippen MR) is 43.7 cm³/mol. The molecule has 0 amide bonds. The molecule has 2 nitrogen and oxygen atoms in total. The fraction of sp³-hybridized carbons (Fsp3) is 0.375. The van der Waals surface area contributed by atoms with E-state index in [1.807, 2.05) is 19.1 Å². The van der Waals surface area contributed by atoms with Gasteiger partial charge in [0.2, 0.25) is 0 Å². The smallest absolute Gasteiger partial charge is 0.123 e. The predicted octanol–water partition coefficient (Wildman–Crippen LogP) is 1.45. The van der Waals surface area contributed by atoms with Crippen molar-refractivity contribution in [3.8, 4) is 0 Å². The zero-order valence-electron chi connectivity index (χ0n) is 6.33. The van der Waals surface area contributed by atoms with Crippen molar-refractivity contribution < 1.29 is 0 Å². The van der Waals surface area contributed by atoms with Gasteiger partial charge >= 0.3 is 0 Å². The molecule has 0 saturated heterocycles. The van der Waals surface area contributed by atoms with Crippen molar-refractivity contribution in [2.45, 2.75) is 13.8 Å². The maximum Gasteiger partial charge on any atom is 0.123 e. The summed E-state index contributed by atoms with van der Waals surface area (Å²) in [6, 6.07) is 0. The van der Waals surface area contributed by atoms with Crippen LogP contribution in [0.25, 0.3) is 0 Å². The zero-order valence-corrected chi connectivity index (χ0v) is 6.33. The van der Waals surface area contributed by atoms with Crippen LogP contribution in [0.15, 0.2) is 28.9 Å². The first-order chi connectivity index (χ1) is 4.68. The lowest BCUT2D eigenvalue weighted by molar-refractivity contribution is 0.927. The molecule has 0 bridgehead atoms. The third-order valence-electron chi connectivity index (χ3n) is 1.38. The van der Waals surface area contributed by atoms with Gasteiger partial charge in [-0.3, -0.25) is 0 Å². The third kappa shape index (κ3) is 1.72. The number of amidine groups is 1. The first-order valence-electron chi connectivity index (χ1n) is 3.39. The molecule has 0 spiro atoms. The SMILES string of the molecule is CC1=CC(C)C=CC(N)=N1. The van der Waals surface area contributed by atoms with Gasteiger partial charge in [0.05, 0.1) is 0 Å². The van der Waals surface area contributed by atoms with Gasteiger partial charge in [-0.15, -0.1) is 0 Å². The first kappa shape index (κ1) is 7.06. The minimum Gasteiger partial charge on any atom is -0.384 e. The van der Waals surface area contributed by atoms with E-state index in [0.29, 0.717) is 11.8 Å². The van der Waals surface area contributed by atoms with Crippen LogP contribution in [0.5, 0.6) is 0 Å². The molecule has 2 heteroatoms. The van der Waals surface area contributed by atoms with Crippen LogP contribution in [0.2, 0.25) is 0 Å². The molecule has 0 saturated carbocycles. The first-order valence-corrected chi connectivity index (χ1v) is 3.39. The van der Waals surface area contributed by atoms with Gasteiger partial charge in [-0.1, -0.05) is 19.1 Å². The van der Waals surface area contributed by atoms with Crippen molar-refractivity contribution in [2.75, 3.05) is 0 Å². The van der Waals surface area contributed by atoms with Crippen LogP contribution in [-0.4, -0.2) is 5.84 Å². The molecule has 0 aromatic heterocycles. The normalized spacial score (nSPS) is 25.2. The Labute approximate surface area is 61.1 Å². The second-order valence-corrected chi connectivity index (χ2v) is 2.56. The van der Waals surface area contributed by atoms with Crippen molar-refractivity contribution in [1.29, 1.82) is 0 Å². The second kappa shape index (κ2) is 2.69. The van der Waals surface area contributed by atoms with Crippen LogP contribution in [0.1, 0.15) is 13.8 Å². The molecule has 0 aliphatic carbocycles. The molecule has 0 radical (unpaired) electrons. The van der Waals surface area contributed by atoms with Crippen molar-refractivity contribution in [2.24, 2.45) is 16.6 Å². The van der Waals surface area contributed by atoms with E-state index in [4.69, 9.17) is 5.73 Å². The van der Waals surface area contributed by atoms with Crippen molar-refractivity contribution in [3.63, 3.8) is 0 Å². The van der Waals surface area contributed by atoms with Gasteiger partial charge in [0.15, 0.2) is 0 Å². The van der Waals surface area contributed by atoms with Crippen molar-refractivity contribution in [1.82, 2.24) is 0 Å². The van der Waals surface area contributed by atoms with E-state index in [9.17, 15) is 0 Å². The highest BCUT2D eigenvalue weighted by atomic mass is 14.9. The monoisotopic (exact) mass is 136 g/mol. The van der Waals surface area contributed by atoms with Gasteiger partial charge in [-0.2, -0.15) is 0 Å². The maximum atomic E-state index is 5.51. The van der Waals surface area contributed by atoms with Gasteiger partial charge in [-0.25, -0.2) is 4.99 Å². The Hall–Kier alpha value is -1.05. The van der Waals surface area contributed by atoms with E-state index in [1.165, 1.54) is 0 Å². The zero-order chi connectivity index (χ0) is 7.56. The van der Waals surface area contributed by atoms with Crippen molar-refractivity contribution in [3.05, 3.63) is 23.9 Å². The summed E-state index contributed by atoms with van der Waals surface area (Å²) in [5.41, 5.74) is 6.51. The number of nitrogens with zero attached hydrogens (tertiary/aromatic N) is 1. The van der Waals surface area contributed by atoms with Crippen LogP contribution in [-0.2, 0) is 0 Å². The summed E-state index contributed by atoms with van der Waals surface area (Å²) in [4.78, 5) is 4.10. The largest absolute Gasteiger partial charge is 0.384 e. The molecule has 1 aliphatic heterocycles. The van der Waals surface area contributed by atoms with Gasteiger partial charge in [0.1, 0.15) is 5.84 Å². The molecule has 10 heavy (non-hydrogen) atoms. The molecule has 1 aliphatic rings. The van der Waals surface area contributed by atoms with Crippen LogP contribution < -0.4 is 5.73 Å². The Morgan fingerprint density at radius 3 is 3.00 bits per heavy atom. The number of hydrogen-bond acceptors (Lipinski definition) is 2. The molecule has 0 aromatic rings. The van der Waals surface area contributed by atoms with Gasteiger partial charge in [-0.05, 0) is 18.9 Å². The summed E-state index contributed by atoms with van der Waals surface area (Å²) >= 11 is 0. The average Bonchev–Trinajstić information content (AvgIpc) is 1.93. The summed E-state index contributed by atoms with van der Waals surface area (Å²) in [6.07, 6.45) is 5.96. The standard InChI is InChI=1S/C8H12N2/c1-6-3-4-8(9)10-7(2)5-6/h3-6H,1-2H3,(H2,9,10). The molecule has 54 valence electrons. The Balaban J connectivity index is 2.88. The fourth-order valence-corrected chi connectivity index (χ4v) is 0.965. The van der Waals surface area contributed by atoms with Gasteiger partial charge in [0.25, 0.3) is 0 Å². The van der Waals surface area contributed by atoms with Gasteiger partial charge in [0, 0.05) is 5.70 Å². The van der Waals surface area contributed by atoms with E-state index in [1.54, 1.807) is 0 Å².